The molecular formula is C27H33Cl2N5O4. The fourth-order valence-corrected chi connectivity index (χ4v) is 6.03. The lowest BCUT2D eigenvalue weighted by Gasteiger charge is -2.38. The van der Waals surface area contributed by atoms with Gasteiger partial charge in [0.2, 0.25) is 0 Å². The van der Waals surface area contributed by atoms with E-state index in [1.54, 1.807) is 17.7 Å². The molecule has 1 amide bonds. The molecule has 2 aromatic carbocycles. The quantitative estimate of drug-likeness (QED) is 0.407. The fraction of sp³-hybridized carbons (Fsp3) is 0.481. The van der Waals surface area contributed by atoms with E-state index in [2.05, 4.69) is 10.2 Å². The highest BCUT2D eigenvalue weighted by Gasteiger charge is 2.32. The summed E-state index contributed by atoms with van der Waals surface area (Å²) in [6.45, 7) is 5.95. The molecule has 0 bridgehead atoms. The Hall–Kier alpha value is -2.72. The Labute approximate surface area is 231 Å². The number of amides is 1. The van der Waals surface area contributed by atoms with Crippen molar-refractivity contribution in [2.24, 2.45) is 0 Å². The van der Waals surface area contributed by atoms with Gasteiger partial charge in [-0.15, -0.1) is 0 Å². The molecule has 3 heterocycles. The van der Waals surface area contributed by atoms with Crippen molar-refractivity contribution in [2.75, 3.05) is 39.1 Å². The maximum absolute atomic E-state index is 13.2. The molecule has 3 aromatic rings. The van der Waals surface area contributed by atoms with Gasteiger partial charge in [-0.25, -0.2) is 4.79 Å². The minimum absolute atomic E-state index is 0.0146. The first kappa shape index (κ1) is 26.9. The molecule has 1 fully saturated rings. The van der Waals surface area contributed by atoms with E-state index in [9.17, 15) is 9.59 Å². The Morgan fingerprint density at radius 3 is 2.79 bits per heavy atom. The fourth-order valence-electron chi connectivity index (χ4n) is 5.64. The Bertz CT molecular complexity index is 1420. The Balaban J connectivity index is 1.20. The zero-order valence-corrected chi connectivity index (χ0v) is 23.1. The summed E-state index contributed by atoms with van der Waals surface area (Å²) in [4.78, 5) is 28.5. The van der Waals surface area contributed by atoms with Gasteiger partial charge in [-0.1, -0.05) is 23.2 Å². The number of nitrogens with two attached hydrogens (primary N) is 1. The van der Waals surface area contributed by atoms with Gasteiger partial charge in [0.05, 0.1) is 46.1 Å². The average molecular weight is 562 g/mol. The number of rotatable bonds is 8. The van der Waals surface area contributed by atoms with Crippen LogP contribution in [-0.2, 0) is 24.2 Å². The highest BCUT2D eigenvalue weighted by molar-refractivity contribution is 6.34. The van der Waals surface area contributed by atoms with E-state index in [1.807, 2.05) is 29.7 Å². The van der Waals surface area contributed by atoms with Gasteiger partial charge in [-0.3, -0.25) is 13.9 Å². The Kier molecular flexibility index (Phi) is 7.90. The summed E-state index contributed by atoms with van der Waals surface area (Å²) in [5.41, 5.74) is 9.50. The normalized spacial score (nSPS) is 19.5. The topological polar surface area (TPSA) is 104 Å². The first-order valence-electron chi connectivity index (χ1n) is 13.0. The van der Waals surface area contributed by atoms with Crippen LogP contribution in [-0.4, -0.2) is 65.4 Å². The standard InChI is InChI=1S/C27H33Cl2N5O4/c1-3-33-22-13-16(28)5-6-21(22)34(27(33)36)10-4-9-32-11-7-20(23(15-32)37-2)31-26(35)18-14-19(29)24(30)17-8-12-38-25(17)18/h5-6,13-14,20,23H,3-4,7-12,15,30H2,1-2H3,(H,31,35). The number of halogens is 2. The van der Waals surface area contributed by atoms with Crippen LogP contribution in [0.3, 0.4) is 0 Å². The number of nitrogen functional groups attached to an aromatic ring is 1. The third-order valence-electron chi connectivity index (χ3n) is 7.63. The number of hydrogen-bond donors (Lipinski definition) is 2. The van der Waals surface area contributed by atoms with Gasteiger partial charge in [0.15, 0.2) is 0 Å². The average Bonchev–Trinajstić information content (AvgIpc) is 3.49. The SMILES string of the molecule is CCn1c(=O)n(CCCN2CCC(NC(=O)c3cc(Cl)c(N)c4c3OCC4)C(OC)C2)c2ccc(Cl)cc21. The number of nitrogens with zero attached hydrogens (tertiary/aromatic N) is 3. The van der Waals surface area contributed by atoms with E-state index < -0.39 is 0 Å². The minimum atomic E-state index is -0.239. The number of anilines is 1. The molecule has 204 valence electrons. The van der Waals surface area contributed by atoms with Crippen LogP contribution in [0.25, 0.3) is 11.0 Å². The predicted octanol–water partition coefficient (Wildman–Crippen LogP) is 3.56. The number of benzene rings is 2. The maximum atomic E-state index is 13.2. The molecule has 0 radical (unpaired) electrons. The molecule has 1 aromatic heterocycles. The summed E-state index contributed by atoms with van der Waals surface area (Å²) in [5.74, 6) is 0.287. The van der Waals surface area contributed by atoms with Crippen molar-refractivity contribution in [1.82, 2.24) is 19.4 Å². The number of aryl methyl sites for hydroxylation is 2. The van der Waals surface area contributed by atoms with Crippen LogP contribution in [0.5, 0.6) is 5.75 Å². The number of aromatic nitrogens is 2. The third kappa shape index (κ3) is 5.00. The number of carbonyl (C=O) groups is 1. The summed E-state index contributed by atoms with van der Waals surface area (Å²) in [7, 11) is 1.67. The van der Waals surface area contributed by atoms with Crippen molar-refractivity contribution >= 4 is 45.8 Å². The second kappa shape index (κ2) is 11.2. The van der Waals surface area contributed by atoms with Crippen LogP contribution < -0.4 is 21.5 Å². The zero-order chi connectivity index (χ0) is 27.0. The number of methoxy groups -OCH3 is 1. The monoisotopic (exact) mass is 561 g/mol. The molecule has 38 heavy (non-hydrogen) atoms. The Morgan fingerprint density at radius 1 is 1.21 bits per heavy atom. The maximum Gasteiger partial charge on any atom is 0.329 e. The smallest absolute Gasteiger partial charge is 0.329 e. The van der Waals surface area contributed by atoms with Crippen molar-refractivity contribution in [3.63, 3.8) is 0 Å². The first-order valence-corrected chi connectivity index (χ1v) is 13.8. The predicted molar refractivity (Wildman–Crippen MR) is 150 cm³/mol. The molecule has 2 unspecified atom stereocenters. The summed E-state index contributed by atoms with van der Waals surface area (Å²) in [6.07, 6.45) is 2.02. The van der Waals surface area contributed by atoms with E-state index in [4.69, 9.17) is 38.4 Å². The van der Waals surface area contributed by atoms with Gasteiger partial charge in [0.1, 0.15) is 5.75 Å². The molecule has 5 rings (SSSR count). The lowest BCUT2D eigenvalue weighted by Crippen LogP contribution is -2.55. The minimum Gasteiger partial charge on any atom is -0.492 e. The number of piperidine rings is 1. The molecular weight excluding hydrogens is 529 g/mol. The number of likely N-dealkylation sites (tertiary alicyclic amines) is 1. The number of ether oxygens (including phenoxy) is 2. The molecule has 3 N–H and O–H groups in total. The molecule has 2 aliphatic heterocycles. The van der Waals surface area contributed by atoms with Crippen LogP contribution in [0, 0.1) is 0 Å². The van der Waals surface area contributed by atoms with Gasteiger partial charge >= 0.3 is 5.69 Å². The highest BCUT2D eigenvalue weighted by atomic mass is 35.5. The summed E-state index contributed by atoms with van der Waals surface area (Å²) in [6, 6.07) is 7.01. The number of carbonyl (C=O) groups excluding carboxylic acids is 1. The number of imidazole rings is 1. The molecule has 0 aliphatic carbocycles. The van der Waals surface area contributed by atoms with Crippen LogP contribution in [0.4, 0.5) is 5.69 Å². The van der Waals surface area contributed by atoms with Crippen LogP contribution in [0.15, 0.2) is 29.1 Å². The first-order chi connectivity index (χ1) is 18.3. The van der Waals surface area contributed by atoms with Crippen molar-refractivity contribution < 1.29 is 14.3 Å². The summed E-state index contributed by atoms with van der Waals surface area (Å²) >= 11 is 12.5. The summed E-state index contributed by atoms with van der Waals surface area (Å²) in [5, 5.41) is 4.11. The van der Waals surface area contributed by atoms with Gasteiger partial charge < -0.3 is 25.4 Å². The molecule has 2 aliphatic rings. The van der Waals surface area contributed by atoms with Gasteiger partial charge in [0.25, 0.3) is 5.91 Å². The largest absolute Gasteiger partial charge is 0.492 e. The van der Waals surface area contributed by atoms with Crippen molar-refractivity contribution in [2.45, 2.75) is 51.4 Å². The second-order valence-electron chi connectivity index (χ2n) is 9.83. The second-order valence-corrected chi connectivity index (χ2v) is 10.7. The van der Waals surface area contributed by atoms with E-state index >= 15 is 0 Å². The highest BCUT2D eigenvalue weighted by Crippen LogP contribution is 2.38. The lowest BCUT2D eigenvalue weighted by atomic mass is 10.00. The number of fused-ring (bicyclic) bond motifs is 2. The van der Waals surface area contributed by atoms with Crippen LogP contribution >= 0.6 is 23.2 Å². The summed E-state index contributed by atoms with van der Waals surface area (Å²) < 4.78 is 15.1. The zero-order valence-electron chi connectivity index (χ0n) is 21.6. The molecule has 0 saturated carbocycles. The Morgan fingerprint density at radius 2 is 2.03 bits per heavy atom. The van der Waals surface area contributed by atoms with Crippen LogP contribution in [0.1, 0.15) is 35.7 Å². The molecule has 11 heteroatoms. The van der Waals surface area contributed by atoms with Gasteiger partial charge in [-0.05, 0) is 50.6 Å². The lowest BCUT2D eigenvalue weighted by molar-refractivity contribution is 0.00585. The van der Waals surface area contributed by atoms with Crippen molar-refractivity contribution in [3.05, 3.63) is 55.9 Å². The van der Waals surface area contributed by atoms with E-state index in [0.29, 0.717) is 59.7 Å². The van der Waals surface area contributed by atoms with E-state index in [0.717, 1.165) is 42.5 Å². The van der Waals surface area contributed by atoms with Gasteiger partial charge in [0, 0.05) is 50.3 Å². The molecule has 1 saturated heterocycles. The van der Waals surface area contributed by atoms with E-state index in [1.165, 1.54) is 0 Å². The molecule has 9 nitrogen and oxygen atoms in total. The van der Waals surface area contributed by atoms with E-state index in [-0.39, 0.29) is 23.7 Å². The number of hydrogen-bond acceptors (Lipinski definition) is 6. The molecule has 2 atom stereocenters. The number of nitrogens with one attached hydrogen (secondary N) is 1. The van der Waals surface area contributed by atoms with Crippen molar-refractivity contribution in [1.29, 1.82) is 0 Å². The van der Waals surface area contributed by atoms with Crippen LogP contribution in [0.2, 0.25) is 10.0 Å². The van der Waals surface area contributed by atoms with Crippen molar-refractivity contribution in [3.8, 4) is 5.75 Å². The molecule has 0 spiro atoms. The third-order valence-corrected chi connectivity index (χ3v) is 8.18. The van der Waals surface area contributed by atoms with Gasteiger partial charge in [-0.2, -0.15) is 0 Å².